The summed E-state index contributed by atoms with van der Waals surface area (Å²) in [6, 6.07) is 0.166. The van der Waals surface area contributed by atoms with Crippen LogP contribution in [0.5, 0.6) is 0 Å². The van der Waals surface area contributed by atoms with Crippen LogP contribution in [0.2, 0.25) is 0 Å². The molecule has 8 heteroatoms. The molecule has 0 aromatic carbocycles. The number of alkyl halides is 3. The molecular weight excluding hydrogens is 313 g/mol. The first kappa shape index (κ1) is 18.3. The minimum absolute atomic E-state index is 0.126. The van der Waals surface area contributed by atoms with Crippen molar-refractivity contribution in [1.82, 2.24) is 10.6 Å². The maximum Gasteiger partial charge on any atom is 0.523 e. The Hall–Kier alpha value is -1.09. The molecule has 0 spiro atoms. The van der Waals surface area contributed by atoms with Gasteiger partial charge in [-0.15, -0.1) is 13.2 Å². The molecule has 2 aliphatic rings. The Morgan fingerprint density at radius 3 is 2.83 bits per heavy atom. The number of piperidine rings is 1. The molecule has 5 nitrogen and oxygen atoms in total. The Morgan fingerprint density at radius 1 is 1.39 bits per heavy atom. The highest BCUT2D eigenvalue weighted by atomic mass is 19.4. The van der Waals surface area contributed by atoms with Crippen molar-refractivity contribution in [1.29, 1.82) is 0 Å². The third kappa shape index (κ3) is 5.80. The number of halogens is 3. The van der Waals surface area contributed by atoms with E-state index in [1.165, 1.54) is 19.3 Å². The fourth-order valence-electron chi connectivity index (χ4n) is 2.94. The quantitative estimate of drug-likeness (QED) is 0.683. The number of allylic oxidation sites excluding steroid dienone is 1. The lowest BCUT2D eigenvalue weighted by Crippen LogP contribution is -2.48. The monoisotopic (exact) mass is 336 g/mol. The van der Waals surface area contributed by atoms with E-state index in [1.54, 1.807) is 0 Å². The summed E-state index contributed by atoms with van der Waals surface area (Å²) in [6.07, 6.45) is -1.83. The van der Waals surface area contributed by atoms with E-state index in [0.29, 0.717) is 12.3 Å². The molecule has 1 fully saturated rings. The molecule has 0 radical (unpaired) electrons. The molecule has 0 bridgehead atoms. The molecule has 0 aromatic heterocycles. The van der Waals surface area contributed by atoms with Crippen LogP contribution < -0.4 is 10.6 Å². The van der Waals surface area contributed by atoms with E-state index in [2.05, 4.69) is 15.4 Å². The second-order valence-corrected chi connectivity index (χ2v) is 5.86. The van der Waals surface area contributed by atoms with Gasteiger partial charge in [0.25, 0.3) is 0 Å². The highest BCUT2D eigenvalue weighted by Gasteiger charge is 2.34. The first-order chi connectivity index (χ1) is 10.9. The number of nitrogens with one attached hydrogen (secondary N) is 2. The van der Waals surface area contributed by atoms with Crippen LogP contribution in [0, 0.1) is 5.92 Å². The van der Waals surface area contributed by atoms with Crippen molar-refractivity contribution in [2.24, 2.45) is 5.92 Å². The van der Waals surface area contributed by atoms with Crippen molar-refractivity contribution in [2.45, 2.75) is 31.3 Å². The van der Waals surface area contributed by atoms with Crippen molar-refractivity contribution in [3.63, 3.8) is 0 Å². The third-order valence-corrected chi connectivity index (χ3v) is 4.07. The zero-order valence-electron chi connectivity index (χ0n) is 13.0. The van der Waals surface area contributed by atoms with Crippen LogP contribution in [0.4, 0.5) is 13.2 Å². The molecule has 2 rings (SSSR count). The van der Waals surface area contributed by atoms with Crippen molar-refractivity contribution >= 4 is 0 Å². The molecule has 1 heterocycles. The van der Waals surface area contributed by atoms with E-state index in [-0.39, 0.29) is 25.0 Å². The standard InChI is InChI=1S/C15H23F3N2O3/c1-22-14-3-2-13(23-15(16,17)18)5-11(14)7-20-12-4-10(9-21)6-19-8-12/h2-3,10,12-13,19-21H,4-9H2,1H3/t10-,12?,13?/m1/s1. The number of aliphatic hydroxyl groups excluding tert-OH is 1. The fourth-order valence-corrected chi connectivity index (χ4v) is 2.94. The summed E-state index contributed by atoms with van der Waals surface area (Å²) in [6.45, 7) is 2.10. The molecule has 2 unspecified atom stereocenters. The van der Waals surface area contributed by atoms with Gasteiger partial charge in [0, 0.05) is 38.7 Å². The van der Waals surface area contributed by atoms with Gasteiger partial charge in [0.05, 0.1) is 13.2 Å². The largest absolute Gasteiger partial charge is 0.523 e. The average Bonchev–Trinajstić information content (AvgIpc) is 2.52. The smallest absolute Gasteiger partial charge is 0.497 e. The molecular formula is C15H23F3N2O3. The summed E-state index contributed by atoms with van der Waals surface area (Å²) in [4.78, 5) is 0. The zero-order chi connectivity index (χ0) is 16.9. The first-order valence-corrected chi connectivity index (χ1v) is 7.65. The van der Waals surface area contributed by atoms with Crippen molar-refractivity contribution in [2.75, 3.05) is 33.4 Å². The second kappa shape index (κ2) is 8.14. The zero-order valence-corrected chi connectivity index (χ0v) is 13.0. The molecule has 0 aromatic rings. The van der Waals surface area contributed by atoms with E-state index in [0.717, 1.165) is 25.1 Å². The van der Waals surface area contributed by atoms with Crippen LogP contribution in [-0.2, 0) is 9.47 Å². The van der Waals surface area contributed by atoms with Gasteiger partial charge in [-0.1, -0.05) is 6.08 Å². The number of aliphatic hydroxyl groups is 1. The third-order valence-electron chi connectivity index (χ3n) is 4.07. The number of hydrogen-bond acceptors (Lipinski definition) is 5. The predicted molar refractivity (Wildman–Crippen MR) is 78.6 cm³/mol. The summed E-state index contributed by atoms with van der Waals surface area (Å²) in [7, 11) is 1.49. The molecule has 3 atom stereocenters. The van der Waals surface area contributed by atoms with Gasteiger partial charge in [0.2, 0.25) is 0 Å². The summed E-state index contributed by atoms with van der Waals surface area (Å²) in [5.41, 5.74) is 0.746. The van der Waals surface area contributed by atoms with Gasteiger partial charge >= 0.3 is 6.36 Å². The van der Waals surface area contributed by atoms with E-state index >= 15 is 0 Å². The maximum absolute atomic E-state index is 12.4. The van der Waals surface area contributed by atoms with Gasteiger partial charge in [-0.25, -0.2) is 0 Å². The molecule has 1 aliphatic carbocycles. The molecule has 1 aliphatic heterocycles. The molecule has 132 valence electrons. The highest BCUT2D eigenvalue weighted by Crippen LogP contribution is 2.27. The Bertz CT molecular complexity index is 452. The van der Waals surface area contributed by atoms with E-state index in [1.807, 2.05) is 0 Å². The van der Waals surface area contributed by atoms with Gasteiger partial charge in [-0.3, -0.25) is 4.74 Å². The van der Waals surface area contributed by atoms with Crippen LogP contribution in [0.15, 0.2) is 23.5 Å². The van der Waals surface area contributed by atoms with E-state index < -0.39 is 12.5 Å². The summed E-state index contributed by atoms with van der Waals surface area (Å²) in [5, 5.41) is 15.8. The molecule has 23 heavy (non-hydrogen) atoms. The number of methoxy groups -OCH3 is 1. The van der Waals surface area contributed by atoms with Gasteiger partial charge < -0.3 is 20.5 Å². The minimum Gasteiger partial charge on any atom is -0.497 e. The van der Waals surface area contributed by atoms with Crippen LogP contribution in [0.3, 0.4) is 0 Å². The van der Waals surface area contributed by atoms with E-state index in [9.17, 15) is 18.3 Å². The molecule has 1 saturated heterocycles. The highest BCUT2D eigenvalue weighted by molar-refractivity contribution is 5.28. The van der Waals surface area contributed by atoms with E-state index in [4.69, 9.17) is 4.74 Å². The SMILES string of the molecule is COC1=C(CNC2CNC[C@H](CO)C2)CC(OC(F)(F)F)C=C1. The Balaban J connectivity index is 1.90. The lowest BCUT2D eigenvalue weighted by molar-refractivity contribution is -0.336. The molecule has 0 saturated carbocycles. The van der Waals surface area contributed by atoms with Crippen LogP contribution in [-0.4, -0.2) is 57.0 Å². The predicted octanol–water partition coefficient (Wildman–Crippen LogP) is 1.31. The molecule has 3 N–H and O–H groups in total. The van der Waals surface area contributed by atoms with Gasteiger partial charge in [0.15, 0.2) is 0 Å². The number of rotatable bonds is 6. The topological polar surface area (TPSA) is 62.8 Å². The van der Waals surface area contributed by atoms with Crippen molar-refractivity contribution in [3.8, 4) is 0 Å². The lowest BCUT2D eigenvalue weighted by Gasteiger charge is -2.31. The fraction of sp³-hybridized carbons (Fsp3) is 0.733. The Kier molecular flexibility index (Phi) is 6.46. The van der Waals surface area contributed by atoms with Crippen molar-refractivity contribution < 1.29 is 27.8 Å². The summed E-state index contributed by atoms with van der Waals surface area (Å²) >= 11 is 0. The second-order valence-electron chi connectivity index (χ2n) is 5.86. The summed E-state index contributed by atoms with van der Waals surface area (Å²) < 4.78 is 46.4. The normalized spacial score (nSPS) is 29.0. The van der Waals surface area contributed by atoms with Gasteiger partial charge in [0.1, 0.15) is 5.76 Å². The van der Waals surface area contributed by atoms with Crippen molar-refractivity contribution in [3.05, 3.63) is 23.5 Å². The molecule has 0 amide bonds. The Morgan fingerprint density at radius 2 is 2.17 bits per heavy atom. The average molecular weight is 336 g/mol. The number of hydrogen-bond donors (Lipinski definition) is 3. The van der Waals surface area contributed by atoms with Crippen LogP contribution in [0.1, 0.15) is 12.8 Å². The Labute approximate surface area is 133 Å². The lowest BCUT2D eigenvalue weighted by atomic mass is 9.95. The first-order valence-electron chi connectivity index (χ1n) is 7.65. The van der Waals surface area contributed by atoms with Crippen LogP contribution in [0.25, 0.3) is 0 Å². The van der Waals surface area contributed by atoms with Crippen LogP contribution >= 0.6 is 0 Å². The number of ether oxygens (including phenoxy) is 2. The maximum atomic E-state index is 12.4. The van der Waals surface area contributed by atoms with Gasteiger partial charge in [-0.05, 0) is 24.0 Å². The minimum atomic E-state index is -4.65. The summed E-state index contributed by atoms with van der Waals surface area (Å²) in [5.74, 6) is 0.770. The van der Waals surface area contributed by atoms with Gasteiger partial charge in [-0.2, -0.15) is 0 Å².